The third-order valence-corrected chi connectivity index (χ3v) is 1.89. The Morgan fingerprint density at radius 1 is 1.50 bits per heavy atom. The van der Waals surface area contributed by atoms with Gasteiger partial charge in [0.15, 0.2) is 0 Å². The molecule has 4 nitrogen and oxygen atoms in total. The van der Waals surface area contributed by atoms with Crippen LogP contribution < -0.4 is 0 Å². The van der Waals surface area contributed by atoms with E-state index in [2.05, 4.69) is 0 Å². The van der Waals surface area contributed by atoms with Crippen molar-refractivity contribution in [3.05, 3.63) is 0 Å². The molecule has 0 fully saturated rings. The molecule has 0 aromatic heterocycles. The van der Waals surface area contributed by atoms with Crippen molar-refractivity contribution in [3.63, 3.8) is 0 Å². The zero-order valence-electron chi connectivity index (χ0n) is 4.49. The number of alkyl halides is 1. The van der Waals surface area contributed by atoms with Gasteiger partial charge in [0.25, 0.3) is 10.1 Å². The summed E-state index contributed by atoms with van der Waals surface area (Å²) in [5, 5.41) is 7.27. The van der Waals surface area contributed by atoms with E-state index in [1.54, 1.807) is 0 Å². The quantitative estimate of drug-likeness (QED) is 0.340. The van der Waals surface area contributed by atoms with Crippen molar-refractivity contribution in [1.29, 1.82) is 0 Å². The third-order valence-electron chi connectivity index (χ3n) is 0.590. The summed E-state index contributed by atoms with van der Waals surface area (Å²) in [6.07, 6.45) is 0. The maximum absolute atomic E-state index is 9.96. The van der Waals surface area contributed by atoms with Crippen LogP contribution in [0, 0.1) is 0 Å². The van der Waals surface area contributed by atoms with Gasteiger partial charge in [0, 0.05) is 0 Å². The molecule has 0 rings (SSSR count). The maximum atomic E-state index is 9.96. The Hall–Kier alpha value is 1.16. The molecule has 58 valence electrons. The summed E-state index contributed by atoms with van der Waals surface area (Å²) >= 11 is 5.16. The van der Waals surface area contributed by atoms with Crippen LogP contribution in [0.4, 0.5) is 0 Å². The molecule has 0 heterocycles. The first kappa shape index (κ1) is 13.7. The summed E-state index contributed by atoms with van der Waals surface area (Å²) in [6, 6.07) is 0. The van der Waals surface area contributed by atoms with E-state index >= 15 is 0 Å². The predicted octanol–water partition coefficient (Wildman–Crippen LogP) is -1.17. The zero-order valence-corrected chi connectivity index (χ0v) is 6.06. The molecule has 2 N–H and O–H groups in total. The van der Waals surface area contributed by atoms with Gasteiger partial charge in [0.1, 0.15) is 0 Å². The Bertz CT molecular complexity index is 167. The van der Waals surface area contributed by atoms with Gasteiger partial charge in [-0.3, -0.25) is 4.55 Å². The number of hydrogen-bond donors (Lipinski definition) is 2. The van der Waals surface area contributed by atoms with Gasteiger partial charge in [-0.05, 0) is 0 Å². The number of aliphatic hydroxyl groups excluding tert-OH is 1. The summed E-state index contributed by atoms with van der Waals surface area (Å²) in [7, 11) is -4.03. The van der Waals surface area contributed by atoms with E-state index in [1.807, 2.05) is 0 Å². The molecular formula is C3H8ClNaO4S. The topological polar surface area (TPSA) is 74.6 Å². The molecule has 0 bridgehead atoms. The van der Waals surface area contributed by atoms with Crippen LogP contribution >= 0.6 is 11.6 Å². The number of hydrogen-bond acceptors (Lipinski definition) is 3. The summed E-state index contributed by atoms with van der Waals surface area (Å²) in [5.74, 6) is -0.606. The molecule has 0 saturated heterocycles. The normalized spacial score (nSPS) is 13.9. The molecule has 0 radical (unpaired) electrons. The molecule has 1 unspecified atom stereocenters. The van der Waals surface area contributed by atoms with Gasteiger partial charge in [0.2, 0.25) is 0 Å². The summed E-state index contributed by atoms with van der Waals surface area (Å²) in [4.78, 5) is 0. The van der Waals surface area contributed by atoms with E-state index in [0.29, 0.717) is 0 Å². The second-order valence-electron chi connectivity index (χ2n) is 1.53. The molecule has 7 heteroatoms. The Kier molecular flexibility index (Phi) is 7.92. The first-order valence-electron chi connectivity index (χ1n) is 2.16. The van der Waals surface area contributed by atoms with Crippen LogP contribution in [0.15, 0.2) is 0 Å². The molecular weight excluding hydrogens is 191 g/mol. The van der Waals surface area contributed by atoms with Crippen molar-refractivity contribution in [1.82, 2.24) is 0 Å². The van der Waals surface area contributed by atoms with Crippen molar-refractivity contribution < 1.29 is 18.1 Å². The van der Waals surface area contributed by atoms with Crippen molar-refractivity contribution in [2.45, 2.75) is 5.38 Å². The summed E-state index contributed by atoms with van der Waals surface area (Å²) in [5.41, 5.74) is 0. The number of aliphatic hydroxyl groups is 1. The fourth-order valence-corrected chi connectivity index (χ4v) is 1.32. The fourth-order valence-electron chi connectivity index (χ4n) is 0.281. The van der Waals surface area contributed by atoms with Gasteiger partial charge >= 0.3 is 29.6 Å². The minimum atomic E-state index is -4.03. The van der Waals surface area contributed by atoms with Crippen LogP contribution in [-0.4, -0.2) is 65.4 Å². The van der Waals surface area contributed by atoms with Crippen molar-refractivity contribution in [3.8, 4) is 0 Å². The molecule has 1 atom stereocenters. The van der Waals surface area contributed by atoms with Gasteiger partial charge in [-0.1, -0.05) is 0 Å². The molecule has 0 amide bonds. The van der Waals surface area contributed by atoms with Crippen LogP contribution in [0.25, 0.3) is 0 Å². The van der Waals surface area contributed by atoms with Crippen LogP contribution in [0.3, 0.4) is 0 Å². The zero-order chi connectivity index (χ0) is 7.49. The van der Waals surface area contributed by atoms with Crippen LogP contribution in [0.1, 0.15) is 0 Å². The monoisotopic (exact) mass is 198 g/mol. The van der Waals surface area contributed by atoms with E-state index in [-0.39, 0.29) is 29.6 Å². The summed E-state index contributed by atoms with van der Waals surface area (Å²) in [6.45, 7) is -0.457. The van der Waals surface area contributed by atoms with Gasteiger partial charge in [0.05, 0.1) is 17.7 Å². The second kappa shape index (κ2) is 5.77. The SMILES string of the molecule is O=S(=O)(O)CC(Cl)CO.[NaH]. The second-order valence-corrected chi connectivity index (χ2v) is 3.64. The molecule has 0 aliphatic heterocycles. The Morgan fingerprint density at radius 3 is 2.00 bits per heavy atom. The molecule has 0 aromatic carbocycles. The summed E-state index contributed by atoms with van der Waals surface area (Å²) < 4.78 is 28.0. The fraction of sp³-hybridized carbons (Fsp3) is 1.00. The molecule has 0 saturated carbocycles. The Balaban J connectivity index is 0. The van der Waals surface area contributed by atoms with Gasteiger partial charge in [-0.15, -0.1) is 11.6 Å². The first-order chi connectivity index (χ1) is 3.95. The molecule has 0 aliphatic carbocycles. The average Bonchev–Trinajstić information content (AvgIpc) is 1.62. The van der Waals surface area contributed by atoms with E-state index in [0.717, 1.165) is 0 Å². The van der Waals surface area contributed by atoms with Gasteiger partial charge in [-0.25, -0.2) is 0 Å². The molecule has 0 spiro atoms. The average molecular weight is 199 g/mol. The molecule has 0 aliphatic rings. The van der Waals surface area contributed by atoms with Crippen LogP contribution in [0.2, 0.25) is 0 Å². The van der Waals surface area contributed by atoms with Gasteiger partial charge < -0.3 is 5.11 Å². The molecule has 0 aromatic rings. The van der Waals surface area contributed by atoms with E-state index in [1.165, 1.54) is 0 Å². The Labute approximate surface area is 86.6 Å². The predicted molar refractivity (Wildman–Crippen MR) is 40.3 cm³/mol. The third kappa shape index (κ3) is 9.16. The van der Waals surface area contributed by atoms with E-state index in [4.69, 9.17) is 21.3 Å². The Morgan fingerprint density at radius 2 is 1.90 bits per heavy atom. The van der Waals surface area contributed by atoms with Crippen molar-refractivity contribution in [2.24, 2.45) is 0 Å². The molecule has 10 heavy (non-hydrogen) atoms. The number of rotatable bonds is 3. The minimum absolute atomic E-state index is 0. The van der Waals surface area contributed by atoms with E-state index in [9.17, 15) is 8.42 Å². The first-order valence-corrected chi connectivity index (χ1v) is 4.20. The van der Waals surface area contributed by atoms with Crippen LogP contribution in [-0.2, 0) is 10.1 Å². The van der Waals surface area contributed by atoms with Crippen molar-refractivity contribution >= 4 is 51.3 Å². The number of halogens is 1. The standard InChI is InChI=1S/C3H7ClO4S.Na.H/c4-3(1-5)2-9(6,7)8;;/h3,5H,1-2H2,(H,6,7,8);;. The van der Waals surface area contributed by atoms with E-state index < -0.39 is 27.9 Å². The van der Waals surface area contributed by atoms with Gasteiger partial charge in [-0.2, -0.15) is 8.42 Å². The van der Waals surface area contributed by atoms with Crippen LogP contribution in [0.5, 0.6) is 0 Å². The van der Waals surface area contributed by atoms with Crippen molar-refractivity contribution in [2.75, 3.05) is 12.4 Å².